The van der Waals surface area contributed by atoms with Gasteiger partial charge in [-0.2, -0.15) is 0 Å². The molecule has 0 atom stereocenters. The van der Waals surface area contributed by atoms with Gasteiger partial charge in [-0.15, -0.1) is 0 Å². The van der Waals surface area contributed by atoms with Gasteiger partial charge in [0.2, 0.25) is 0 Å². The van der Waals surface area contributed by atoms with E-state index in [1.54, 1.807) is 54.6 Å². The molecule has 0 aliphatic heterocycles. The van der Waals surface area contributed by atoms with Crippen molar-refractivity contribution in [1.82, 2.24) is 14.5 Å². The number of carbonyl (C=O) groups is 1. The Kier molecular flexibility index (Phi) is 6.98. The Morgan fingerprint density at radius 2 is 1.85 bits per heavy atom. The second-order valence-electron chi connectivity index (χ2n) is 8.76. The molecule has 4 N–H and O–H groups in total. The van der Waals surface area contributed by atoms with Crippen molar-refractivity contribution in [2.75, 3.05) is 10.8 Å². The van der Waals surface area contributed by atoms with Crippen molar-refractivity contribution in [2.24, 2.45) is 12.8 Å². The van der Waals surface area contributed by atoms with E-state index >= 15 is 0 Å². The summed E-state index contributed by atoms with van der Waals surface area (Å²) >= 11 is 1.50. The molecule has 0 saturated heterocycles. The molecule has 0 saturated carbocycles. The number of aryl methyl sites for hydroxylation is 1. The number of sulfonamides is 1. The number of nitrogens with zero attached hydrogens (tertiary/aromatic N) is 4. The Labute approximate surface area is 228 Å². The third-order valence-corrected chi connectivity index (χ3v) is 9.09. The van der Waals surface area contributed by atoms with Crippen molar-refractivity contribution in [2.45, 2.75) is 15.8 Å². The number of carboxylic acid groups (broad SMARTS) is 1. The number of hydrogen-bond donors (Lipinski definition) is 3. The zero-order chi connectivity index (χ0) is 27.7. The molecule has 2 heterocycles. The monoisotopic (exact) mass is 560 g/mol. The summed E-state index contributed by atoms with van der Waals surface area (Å²) in [6.45, 7) is -0.762. The van der Waals surface area contributed by atoms with Crippen molar-refractivity contribution in [3.63, 3.8) is 0 Å². The topological polar surface area (TPSA) is 155 Å². The number of nitrogens with two attached hydrogens (primary N) is 1. The first-order valence-corrected chi connectivity index (χ1v) is 14.2. The Balaban J connectivity index is 1.49. The summed E-state index contributed by atoms with van der Waals surface area (Å²) in [4.78, 5) is 20.6. The first-order chi connectivity index (χ1) is 18.6. The molecule has 39 heavy (non-hydrogen) atoms. The Morgan fingerprint density at radius 3 is 2.56 bits per heavy atom. The predicted octanol–water partition coefficient (Wildman–Crippen LogP) is 3.98. The smallest absolute Gasteiger partial charge is 0.324 e. The Hall–Kier alpha value is -4.42. The maximum Gasteiger partial charge on any atom is 0.324 e. The van der Waals surface area contributed by atoms with Crippen LogP contribution in [-0.2, 0) is 27.6 Å². The van der Waals surface area contributed by atoms with Gasteiger partial charge in [0, 0.05) is 29.9 Å². The third-order valence-electron chi connectivity index (χ3n) is 6.19. The number of thioether (sulfide) groups is 1. The molecule has 0 aliphatic carbocycles. The fourth-order valence-corrected chi connectivity index (χ4v) is 6.74. The second-order valence-corrected chi connectivity index (χ2v) is 11.5. The summed E-state index contributed by atoms with van der Waals surface area (Å²) in [6.07, 6.45) is 1.50. The maximum atomic E-state index is 13.8. The summed E-state index contributed by atoms with van der Waals surface area (Å²) in [5, 5.41) is 18.5. The Morgan fingerprint density at radius 1 is 1.10 bits per heavy atom. The van der Waals surface area contributed by atoms with Crippen LogP contribution in [-0.4, -0.2) is 46.4 Å². The van der Waals surface area contributed by atoms with Crippen molar-refractivity contribution in [1.29, 1.82) is 5.41 Å². The second kappa shape index (κ2) is 10.4. The van der Waals surface area contributed by atoms with E-state index in [2.05, 4.69) is 4.98 Å². The van der Waals surface area contributed by atoms with Crippen LogP contribution >= 0.6 is 11.8 Å². The van der Waals surface area contributed by atoms with E-state index in [1.165, 1.54) is 24.0 Å². The fraction of sp³-hybridized carbons (Fsp3) is 0.111. The molecule has 12 heteroatoms. The number of aromatic nitrogens is 3. The standard InChI is InChI=1S/C27H24N6O4S2/c1-32-22-12-11-20(14-21(22)31-27(32)38-16-17-7-9-19(10-8-17)26(28)29)33(15-24(34)35)39(36,37)23-6-2-4-18-5-3-13-30-25(18)23/h2-14H,15-16H2,1H3,(H3,28,29)(H,34,35). The molecule has 0 spiro atoms. The molecule has 10 nitrogen and oxygen atoms in total. The molecule has 3 aromatic carbocycles. The van der Waals surface area contributed by atoms with Gasteiger partial charge in [-0.05, 0) is 35.9 Å². The number of para-hydroxylation sites is 1. The normalized spacial score (nSPS) is 11.6. The van der Waals surface area contributed by atoms with E-state index in [-0.39, 0.29) is 21.9 Å². The zero-order valence-electron chi connectivity index (χ0n) is 20.8. The minimum absolute atomic E-state index is 0.0102. The van der Waals surface area contributed by atoms with E-state index in [4.69, 9.17) is 16.1 Å². The lowest BCUT2D eigenvalue weighted by Gasteiger charge is -2.23. The number of imidazole rings is 1. The number of nitrogen functional groups attached to an aromatic ring is 1. The molecule has 198 valence electrons. The van der Waals surface area contributed by atoms with Gasteiger partial charge in [0.05, 0.1) is 22.2 Å². The number of anilines is 1. The van der Waals surface area contributed by atoms with Crippen LogP contribution < -0.4 is 10.0 Å². The summed E-state index contributed by atoms with van der Waals surface area (Å²) in [7, 11) is -2.41. The number of amidine groups is 1. The van der Waals surface area contributed by atoms with Crippen LogP contribution in [0.4, 0.5) is 5.69 Å². The van der Waals surface area contributed by atoms with Crippen LogP contribution in [0.15, 0.2) is 89.0 Å². The van der Waals surface area contributed by atoms with Crippen molar-refractivity contribution in [3.05, 3.63) is 90.1 Å². The molecule has 2 aromatic heterocycles. The largest absolute Gasteiger partial charge is 0.480 e. The van der Waals surface area contributed by atoms with Crippen LogP contribution in [0.1, 0.15) is 11.1 Å². The average molecular weight is 561 g/mol. The lowest BCUT2D eigenvalue weighted by atomic mass is 10.1. The molecule has 0 aliphatic rings. The molecular formula is C27H24N6O4S2. The van der Waals surface area contributed by atoms with E-state index in [9.17, 15) is 18.3 Å². The minimum atomic E-state index is -4.28. The molecular weight excluding hydrogens is 536 g/mol. The molecule has 5 rings (SSSR count). The van der Waals surface area contributed by atoms with Crippen LogP contribution in [0.2, 0.25) is 0 Å². The van der Waals surface area contributed by atoms with Gasteiger partial charge in [0.25, 0.3) is 10.0 Å². The summed E-state index contributed by atoms with van der Waals surface area (Å²) < 4.78 is 30.3. The number of fused-ring (bicyclic) bond motifs is 2. The SMILES string of the molecule is Cn1c(SCc2ccc(C(=N)N)cc2)nc2cc(N(CC(=O)O)S(=O)(=O)c3cccc4cccnc34)ccc21. The number of pyridine rings is 1. The van der Waals surface area contributed by atoms with Gasteiger partial charge in [0.15, 0.2) is 5.16 Å². The van der Waals surface area contributed by atoms with Crippen molar-refractivity contribution in [3.8, 4) is 0 Å². The van der Waals surface area contributed by atoms with Crippen molar-refractivity contribution < 1.29 is 18.3 Å². The predicted molar refractivity (Wildman–Crippen MR) is 152 cm³/mol. The van der Waals surface area contributed by atoms with Gasteiger partial charge >= 0.3 is 5.97 Å². The van der Waals surface area contributed by atoms with Gasteiger partial charge < -0.3 is 15.4 Å². The van der Waals surface area contributed by atoms with E-state index < -0.39 is 22.5 Å². The number of rotatable bonds is 9. The van der Waals surface area contributed by atoms with Crippen molar-refractivity contribution >= 4 is 61.2 Å². The number of benzene rings is 3. The highest BCUT2D eigenvalue weighted by atomic mass is 32.2. The highest BCUT2D eigenvalue weighted by Crippen LogP contribution is 2.32. The van der Waals surface area contributed by atoms with Gasteiger partial charge in [-0.1, -0.05) is 54.2 Å². The summed E-state index contributed by atoms with van der Waals surface area (Å²) in [5.41, 5.74) is 8.96. The summed E-state index contributed by atoms with van der Waals surface area (Å²) in [6, 6.07) is 20.5. The summed E-state index contributed by atoms with van der Waals surface area (Å²) in [5.74, 6) is -0.661. The fourth-order valence-electron chi connectivity index (χ4n) is 4.22. The quantitative estimate of drug-likeness (QED) is 0.139. The van der Waals surface area contributed by atoms with E-state index in [0.29, 0.717) is 27.4 Å². The number of carboxylic acids is 1. The molecule has 5 aromatic rings. The van der Waals surface area contributed by atoms with Gasteiger partial charge in [0.1, 0.15) is 17.3 Å². The molecule has 0 unspecified atom stereocenters. The van der Waals surface area contributed by atoms with Gasteiger partial charge in [-0.3, -0.25) is 19.5 Å². The van der Waals surface area contributed by atoms with Crippen LogP contribution in [0.3, 0.4) is 0 Å². The molecule has 0 radical (unpaired) electrons. The highest BCUT2D eigenvalue weighted by Gasteiger charge is 2.29. The maximum absolute atomic E-state index is 13.8. The van der Waals surface area contributed by atoms with Crippen LogP contribution in [0.5, 0.6) is 0 Å². The third kappa shape index (κ3) is 5.16. The van der Waals surface area contributed by atoms with Gasteiger partial charge in [-0.25, -0.2) is 13.4 Å². The highest BCUT2D eigenvalue weighted by molar-refractivity contribution is 7.98. The molecule has 0 bridgehead atoms. The molecule has 0 fully saturated rings. The zero-order valence-corrected chi connectivity index (χ0v) is 22.4. The molecule has 0 amide bonds. The minimum Gasteiger partial charge on any atom is -0.480 e. The van der Waals surface area contributed by atoms with Crippen LogP contribution in [0.25, 0.3) is 21.9 Å². The Bertz CT molecular complexity index is 1830. The first kappa shape index (κ1) is 26.2. The lowest BCUT2D eigenvalue weighted by Crippen LogP contribution is -2.36. The number of nitrogens with one attached hydrogen (secondary N) is 1. The van der Waals surface area contributed by atoms with E-state index in [0.717, 1.165) is 15.4 Å². The average Bonchev–Trinajstić information content (AvgIpc) is 3.24. The first-order valence-electron chi connectivity index (χ1n) is 11.8. The number of hydrogen-bond acceptors (Lipinski definition) is 7. The lowest BCUT2D eigenvalue weighted by molar-refractivity contribution is -0.135. The number of aliphatic carboxylic acids is 1. The van der Waals surface area contributed by atoms with Crippen LogP contribution in [0, 0.1) is 5.41 Å². The van der Waals surface area contributed by atoms with E-state index in [1.807, 2.05) is 23.7 Å².